The molecule has 7 nitrogen and oxygen atoms in total. The zero-order chi connectivity index (χ0) is 19.1. The van der Waals surface area contributed by atoms with Gasteiger partial charge in [-0.2, -0.15) is 0 Å². The number of nitrogens with zero attached hydrogens (tertiary/aromatic N) is 1. The molecule has 0 heterocycles. The predicted octanol–water partition coefficient (Wildman–Crippen LogP) is 3.75. The lowest BCUT2D eigenvalue weighted by atomic mass is 10.1. The molecule has 0 saturated heterocycles. The predicted molar refractivity (Wildman–Crippen MR) is 97.9 cm³/mol. The summed E-state index contributed by atoms with van der Waals surface area (Å²) in [6.45, 7) is 1.39. The first-order valence-electron chi connectivity index (χ1n) is 7.50. The molecule has 2 aromatic carbocycles. The number of rotatable bonds is 6. The lowest BCUT2D eigenvalue weighted by Crippen LogP contribution is -2.20. The SMILES string of the molecule is Cc1ccc(/C=C/C(=O)OCC(=O)Nc2ccc([N+](=O)[O-])cc2)cc1Cl. The maximum absolute atomic E-state index is 11.7. The van der Waals surface area contributed by atoms with Gasteiger partial charge >= 0.3 is 5.97 Å². The van der Waals surface area contributed by atoms with Crippen molar-refractivity contribution in [1.29, 1.82) is 0 Å². The van der Waals surface area contributed by atoms with Gasteiger partial charge in [0.2, 0.25) is 0 Å². The van der Waals surface area contributed by atoms with Crippen molar-refractivity contribution in [2.45, 2.75) is 6.92 Å². The topological polar surface area (TPSA) is 98.5 Å². The van der Waals surface area contributed by atoms with E-state index in [2.05, 4.69) is 5.32 Å². The standard InChI is InChI=1S/C18H15ClN2O5/c1-12-2-3-13(10-16(12)19)4-9-18(23)26-11-17(22)20-14-5-7-15(8-6-14)21(24)25/h2-10H,11H2,1H3,(H,20,22)/b9-4+. The molecule has 2 rings (SSSR count). The van der Waals surface area contributed by atoms with Gasteiger partial charge in [-0.15, -0.1) is 0 Å². The van der Waals surface area contributed by atoms with Crippen molar-refractivity contribution in [3.8, 4) is 0 Å². The van der Waals surface area contributed by atoms with Crippen LogP contribution < -0.4 is 5.32 Å². The van der Waals surface area contributed by atoms with E-state index in [1.54, 1.807) is 12.1 Å². The average Bonchev–Trinajstić information content (AvgIpc) is 2.61. The zero-order valence-electron chi connectivity index (χ0n) is 13.8. The van der Waals surface area contributed by atoms with Gasteiger partial charge in [0.05, 0.1) is 4.92 Å². The number of hydrogen-bond donors (Lipinski definition) is 1. The summed E-state index contributed by atoms with van der Waals surface area (Å²) in [7, 11) is 0. The summed E-state index contributed by atoms with van der Waals surface area (Å²) in [5.74, 6) is -1.24. The fourth-order valence-electron chi connectivity index (χ4n) is 1.93. The highest BCUT2D eigenvalue weighted by Crippen LogP contribution is 2.17. The van der Waals surface area contributed by atoms with Crippen molar-refractivity contribution in [2.24, 2.45) is 0 Å². The van der Waals surface area contributed by atoms with Crippen molar-refractivity contribution >= 4 is 40.9 Å². The number of anilines is 1. The van der Waals surface area contributed by atoms with Gasteiger partial charge in [0, 0.05) is 28.9 Å². The molecule has 0 atom stereocenters. The number of halogens is 1. The van der Waals surface area contributed by atoms with Gasteiger partial charge in [-0.25, -0.2) is 4.79 Å². The van der Waals surface area contributed by atoms with Crippen molar-refractivity contribution in [2.75, 3.05) is 11.9 Å². The third-order valence-electron chi connectivity index (χ3n) is 3.32. The minimum atomic E-state index is -0.680. The van der Waals surface area contributed by atoms with E-state index in [4.69, 9.17) is 16.3 Å². The van der Waals surface area contributed by atoms with Crippen molar-refractivity contribution in [3.63, 3.8) is 0 Å². The number of aryl methyl sites for hydroxylation is 1. The maximum Gasteiger partial charge on any atom is 0.331 e. The monoisotopic (exact) mass is 374 g/mol. The van der Waals surface area contributed by atoms with Crippen LogP contribution in [0.15, 0.2) is 48.5 Å². The third-order valence-corrected chi connectivity index (χ3v) is 3.72. The van der Waals surface area contributed by atoms with Crippen molar-refractivity contribution < 1.29 is 19.2 Å². The van der Waals surface area contributed by atoms with Gasteiger partial charge in [0.15, 0.2) is 6.61 Å². The van der Waals surface area contributed by atoms with Crippen LogP contribution in [-0.4, -0.2) is 23.4 Å². The second kappa shape index (κ2) is 8.77. The van der Waals surface area contributed by atoms with E-state index in [1.165, 1.54) is 36.4 Å². The Balaban J connectivity index is 1.82. The number of amides is 1. The Morgan fingerprint density at radius 3 is 2.54 bits per heavy atom. The van der Waals surface area contributed by atoms with E-state index in [0.29, 0.717) is 10.7 Å². The molecule has 0 unspecified atom stereocenters. The van der Waals surface area contributed by atoms with Crippen LogP contribution in [0.2, 0.25) is 5.02 Å². The molecule has 2 aromatic rings. The summed E-state index contributed by atoms with van der Waals surface area (Å²) in [4.78, 5) is 33.4. The Bertz CT molecular complexity index is 862. The van der Waals surface area contributed by atoms with Crippen LogP contribution in [0.5, 0.6) is 0 Å². The first-order chi connectivity index (χ1) is 12.3. The minimum Gasteiger partial charge on any atom is -0.452 e. The van der Waals surface area contributed by atoms with E-state index in [-0.39, 0.29) is 5.69 Å². The zero-order valence-corrected chi connectivity index (χ0v) is 14.5. The van der Waals surface area contributed by atoms with Crippen LogP contribution in [0.3, 0.4) is 0 Å². The summed E-state index contributed by atoms with van der Waals surface area (Å²) in [5, 5.41) is 13.6. The second-order valence-corrected chi connectivity index (χ2v) is 5.71. The molecular weight excluding hydrogens is 360 g/mol. The maximum atomic E-state index is 11.7. The van der Waals surface area contributed by atoms with Gasteiger partial charge in [-0.05, 0) is 42.3 Å². The smallest absolute Gasteiger partial charge is 0.331 e. The molecule has 1 amide bonds. The molecule has 8 heteroatoms. The van der Waals surface area contributed by atoms with Gasteiger partial charge in [0.25, 0.3) is 11.6 Å². The van der Waals surface area contributed by atoms with Crippen LogP contribution in [0.1, 0.15) is 11.1 Å². The molecule has 0 radical (unpaired) electrons. The highest BCUT2D eigenvalue weighted by molar-refractivity contribution is 6.31. The van der Waals surface area contributed by atoms with Crippen LogP contribution in [-0.2, 0) is 14.3 Å². The third kappa shape index (κ3) is 5.71. The molecule has 0 aliphatic carbocycles. The Morgan fingerprint density at radius 1 is 1.23 bits per heavy atom. The molecule has 0 spiro atoms. The summed E-state index contributed by atoms with van der Waals surface area (Å²) < 4.78 is 4.83. The van der Waals surface area contributed by atoms with Gasteiger partial charge in [0.1, 0.15) is 0 Å². The number of nitrogens with one attached hydrogen (secondary N) is 1. The highest BCUT2D eigenvalue weighted by atomic mass is 35.5. The Morgan fingerprint density at radius 2 is 1.92 bits per heavy atom. The number of ether oxygens (including phenoxy) is 1. The molecule has 0 aliphatic rings. The number of esters is 1. The number of carbonyl (C=O) groups is 2. The van der Waals surface area contributed by atoms with Gasteiger partial charge in [-0.3, -0.25) is 14.9 Å². The Kier molecular flexibility index (Phi) is 6.46. The number of nitro groups is 1. The number of carbonyl (C=O) groups excluding carboxylic acids is 2. The minimum absolute atomic E-state index is 0.0872. The van der Waals surface area contributed by atoms with E-state index in [0.717, 1.165) is 11.1 Å². The molecule has 0 bridgehead atoms. The molecule has 1 N–H and O–H groups in total. The number of nitro benzene ring substituents is 1. The fraction of sp³-hybridized carbons (Fsp3) is 0.111. The molecule has 0 fully saturated rings. The lowest BCUT2D eigenvalue weighted by Gasteiger charge is -2.05. The fourth-order valence-corrected chi connectivity index (χ4v) is 2.11. The van der Waals surface area contributed by atoms with Crippen molar-refractivity contribution in [3.05, 3.63) is 74.8 Å². The molecule has 26 heavy (non-hydrogen) atoms. The van der Waals surface area contributed by atoms with E-state index in [1.807, 2.05) is 13.0 Å². The van der Waals surface area contributed by atoms with Crippen LogP contribution in [0.4, 0.5) is 11.4 Å². The van der Waals surface area contributed by atoms with Crippen LogP contribution >= 0.6 is 11.6 Å². The number of hydrogen-bond acceptors (Lipinski definition) is 5. The summed E-state index contributed by atoms with van der Waals surface area (Å²) in [6.07, 6.45) is 2.72. The van der Waals surface area contributed by atoms with E-state index in [9.17, 15) is 19.7 Å². The van der Waals surface area contributed by atoms with Crippen LogP contribution in [0.25, 0.3) is 6.08 Å². The molecular formula is C18H15ClN2O5. The molecule has 0 saturated carbocycles. The summed E-state index contributed by atoms with van der Waals surface area (Å²) in [6, 6.07) is 10.6. The van der Waals surface area contributed by atoms with Gasteiger partial charge < -0.3 is 10.1 Å². The summed E-state index contributed by atoms with van der Waals surface area (Å²) >= 11 is 6.00. The number of non-ortho nitro benzene ring substituents is 1. The largest absolute Gasteiger partial charge is 0.452 e. The average molecular weight is 375 g/mol. The normalized spacial score (nSPS) is 10.5. The first-order valence-corrected chi connectivity index (χ1v) is 7.88. The molecule has 0 aliphatic heterocycles. The number of benzene rings is 2. The molecule has 134 valence electrons. The first kappa shape index (κ1) is 19.1. The quantitative estimate of drug-likeness (QED) is 0.359. The summed E-state index contributed by atoms with van der Waals surface area (Å²) in [5.41, 5.74) is 1.93. The Hall–Kier alpha value is -3.19. The second-order valence-electron chi connectivity index (χ2n) is 5.30. The van der Waals surface area contributed by atoms with E-state index < -0.39 is 23.4 Å². The molecule has 0 aromatic heterocycles. The highest BCUT2D eigenvalue weighted by Gasteiger charge is 2.08. The van der Waals surface area contributed by atoms with Crippen molar-refractivity contribution in [1.82, 2.24) is 0 Å². The van der Waals surface area contributed by atoms with E-state index >= 15 is 0 Å². The van der Waals surface area contributed by atoms with Gasteiger partial charge in [-0.1, -0.05) is 23.7 Å². The lowest BCUT2D eigenvalue weighted by molar-refractivity contribution is -0.384. The van der Waals surface area contributed by atoms with Crippen LogP contribution in [0, 0.1) is 17.0 Å². The Labute approximate surface area is 154 Å².